The number of unbranched alkanes of at least 4 members (excludes halogenated alkanes) is 27. The standard InChI is InChI=1S/C36H72O4S/c1-3-5-7-9-11-13-15-17-19-20-22-24-26-28-30-32-34-36(35-40-41(37,38)39)33-31-29-27-25-23-21-18-16-14-12-10-8-6-4-2/h31,33,36H,3-30,32,34-35H2,1-2H3,(H,37,38,39)/b33-31+. The van der Waals surface area contributed by atoms with Gasteiger partial charge in [-0.05, 0) is 19.3 Å². The van der Waals surface area contributed by atoms with Gasteiger partial charge < -0.3 is 0 Å². The molecular weight excluding hydrogens is 528 g/mol. The second kappa shape index (κ2) is 32.5. The molecular formula is C36H72O4S. The summed E-state index contributed by atoms with van der Waals surface area (Å²) in [7, 11) is -4.37. The molecule has 0 radical (unpaired) electrons. The molecule has 0 saturated heterocycles. The largest absolute Gasteiger partial charge is 0.397 e. The van der Waals surface area contributed by atoms with Gasteiger partial charge in [-0.2, -0.15) is 8.42 Å². The van der Waals surface area contributed by atoms with E-state index in [-0.39, 0.29) is 12.5 Å². The highest BCUT2D eigenvalue weighted by molar-refractivity contribution is 7.80. The summed E-state index contributed by atoms with van der Waals surface area (Å²) in [6, 6.07) is 0. The smallest absolute Gasteiger partial charge is 0.264 e. The monoisotopic (exact) mass is 601 g/mol. The first-order valence-electron chi connectivity index (χ1n) is 18.3. The van der Waals surface area contributed by atoms with Gasteiger partial charge in [0.05, 0.1) is 6.61 Å². The van der Waals surface area contributed by atoms with E-state index in [0.29, 0.717) is 0 Å². The summed E-state index contributed by atoms with van der Waals surface area (Å²) in [6.07, 6.45) is 44.1. The van der Waals surface area contributed by atoms with Gasteiger partial charge in [0.1, 0.15) is 0 Å². The van der Waals surface area contributed by atoms with Crippen molar-refractivity contribution in [1.29, 1.82) is 0 Å². The molecule has 0 aliphatic carbocycles. The van der Waals surface area contributed by atoms with Crippen LogP contribution in [0, 0.1) is 5.92 Å². The van der Waals surface area contributed by atoms with Crippen LogP contribution in [0.3, 0.4) is 0 Å². The maximum absolute atomic E-state index is 11.1. The lowest BCUT2D eigenvalue weighted by atomic mass is 9.99. The average molecular weight is 601 g/mol. The molecule has 0 saturated carbocycles. The molecule has 0 fully saturated rings. The van der Waals surface area contributed by atoms with Crippen LogP contribution in [0.2, 0.25) is 0 Å². The molecule has 246 valence electrons. The first-order valence-corrected chi connectivity index (χ1v) is 19.6. The highest BCUT2D eigenvalue weighted by Crippen LogP contribution is 2.18. The van der Waals surface area contributed by atoms with Gasteiger partial charge in [0, 0.05) is 5.92 Å². The third-order valence-electron chi connectivity index (χ3n) is 8.49. The van der Waals surface area contributed by atoms with Crippen LogP contribution in [0.15, 0.2) is 12.2 Å². The van der Waals surface area contributed by atoms with Crippen LogP contribution in [0.1, 0.15) is 206 Å². The van der Waals surface area contributed by atoms with E-state index in [1.54, 1.807) is 0 Å². The molecule has 0 aliphatic rings. The predicted octanol–water partition coefficient (Wildman–Crippen LogP) is 12.7. The second-order valence-corrected chi connectivity index (χ2v) is 13.8. The zero-order valence-corrected chi connectivity index (χ0v) is 28.5. The summed E-state index contributed by atoms with van der Waals surface area (Å²) in [5.74, 6) is 0.0564. The lowest BCUT2D eigenvalue weighted by Crippen LogP contribution is -2.12. The highest BCUT2D eigenvalue weighted by atomic mass is 32.3. The minimum Gasteiger partial charge on any atom is -0.264 e. The van der Waals surface area contributed by atoms with Gasteiger partial charge in [-0.15, -0.1) is 0 Å². The van der Waals surface area contributed by atoms with Crippen molar-refractivity contribution in [2.24, 2.45) is 5.92 Å². The maximum atomic E-state index is 11.1. The van der Waals surface area contributed by atoms with Crippen molar-refractivity contribution in [3.63, 3.8) is 0 Å². The van der Waals surface area contributed by atoms with Crippen LogP contribution in [0.4, 0.5) is 0 Å². The predicted molar refractivity (Wildman–Crippen MR) is 180 cm³/mol. The van der Waals surface area contributed by atoms with E-state index in [9.17, 15) is 8.42 Å². The first kappa shape index (κ1) is 40.6. The molecule has 0 bridgehead atoms. The van der Waals surface area contributed by atoms with Gasteiger partial charge in [0.2, 0.25) is 0 Å². The Kier molecular flexibility index (Phi) is 32.2. The van der Waals surface area contributed by atoms with E-state index in [1.165, 1.54) is 173 Å². The SMILES string of the molecule is CCCCCCCCCCCCCC/C=C/C(CCCCCCCCCCCCCCCCCC)COS(=O)(=O)O. The Balaban J connectivity index is 3.75. The Hall–Kier alpha value is -0.390. The second-order valence-electron chi connectivity index (χ2n) is 12.7. The fourth-order valence-corrected chi connectivity index (χ4v) is 6.10. The lowest BCUT2D eigenvalue weighted by Gasteiger charge is -2.12. The van der Waals surface area contributed by atoms with Crippen molar-refractivity contribution in [1.82, 2.24) is 0 Å². The molecule has 1 unspecified atom stereocenters. The minimum atomic E-state index is -4.37. The zero-order chi connectivity index (χ0) is 30.1. The van der Waals surface area contributed by atoms with E-state index in [0.717, 1.165) is 19.3 Å². The Bertz CT molecular complexity index is 631. The number of allylic oxidation sites excluding steroid dienone is 1. The fraction of sp³-hybridized carbons (Fsp3) is 0.944. The van der Waals surface area contributed by atoms with Crippen LogP contribution in [0.5, 0.6) is 0 Å². The van der Waals surface area contributed by atoms with Crippen molar-refractivity contribution in [2.75, 3.05) is 6.61 Å². The van der Waals surface area contributed by atoms with Crippen molar-refractivity contribution < 1.29 is 17.2 Å². The summed E-state index contributed by atoms with van der Waals surface area (Å²) in [5.41, 5.74) is 0. The number of hydrogen-bond acceptors (Lipinski definition) is 3. The Morgan fingerprint density at radius 2 is 0.829 bits per heavy atom. The Morgan fingerprint density at radius 1 is 0.512 bits per heavy atom. The Labute approximate surface area is 258 Å². The maximum Gasteiger partial charge on any atom is 0.397 e. The fourth-order valence-electron chi connectivity index (χ4n) is 5.75. The van der Waals surface area contributed by atoms with E-state index >= 15 is 0 Å². The normalized spacial score (nSPS) is 13.0. The van der Waals surface area contributed by atoms with Crippen molar-refractivity contribution >= 4 is 10.4 Å². The molecule has 0 amide bonds. The molecule has 1 atom stereocenters. The van der Waals surface area contributed by atoms with E-state index in [4.69, 9.17) is 8.74 Å². The van der Waals surface area contributed by atoms with Gasteiger partial charge in [0.15, 0.2) is 0 Å². The molecule has 0 rings (SSSR count). The number of rotatable bonds is 34. The Morgan fingerprint density at radius 3 is 1.17 bits per heavy atom. The molecule has 0 aromatic heterocycles. The number of hydrogen-bond donors (Lipinski definition) is 1. The summed E-state index contributed by atoms with van der Waals surface area (Å²) in [6.45, 7) is 4.60. The van der Waals surface area contributed by atoms with E-state index in [1.807, 2.05) is 0 Å². The van der Waals surface area contributed by atoms with Crippen molar-refractivity contribution in [2.45, 2.75) is 206 Å². The molecule has 0 aromatic rings. The van der Waals surface area contributed by atoms with Gasteiger partial charge >= 0.3 is 10.4 Å². The summed E-state index contributed by atoms with van der Waals surface area (Å²) < 4.78 is 35.9. The molecule has 1 N–H and O–H groups in total. The van der Waals surface area contributed by atoms with Crippen LogP contribution in [0.25, 0.3) is 0 Å². The molecule has 5 heteroatoms. The van der Waals surface area contributed by atoms with Gasteiger partial charge in [-0.3, -0.25) is 4.55 Å². The van der Waals surface area contributed by atoms with Crippen LogP contribution in [-0.4, -0.2) is 19.6 Å². The van der Waals surface area contributed by atoms with Crippen molar-refractivity contribution in [3.8, 4) is 0 Å². The van der Waals surface area contributed by atoms with Crippen molar-refractivity contribution in [3.05, 3.63) is 12.2 Å². The van der Waals surface area contributed by atoms with E-state index < -0.39 is 10.4 Å². The molecule has 0 aromatic carbocycles. The van der Waals surface area contributed by atoms with Crippen LogP contribution < -0.4 is 0 Å². The molecule has 4 nitrogen and oxygen atoms in total. The third kappa shape index (κ3) is 35.7. The highest BCUT2D eigenvalue weighted by Gasteiger charge is 2.11. The molecule has 0 aliphatic heterocycles. The summed E-state index contributed by atoms with van der Waals surface area (Å²) in [5, 5.41) is 0. The van der Waals surface area contributed by atoms with Gasteiger partial charge in [0.25, 0.3) is 0 Å². The van der Waals surface area contributed by atoms with E-state index in [2.05, 4.69) is 26.0 Å². The molecule has 41 heavy (non-hydrogen) atoms. The minimum absolute atomic E-state index is 0.0481. The first-order chi connectivity index (χ1) is 20.0. The molecule has 0 heterocycles. The lowest BCUT2D eigenvalue weighted by molar-refractivity contribution is 0.234. The molecule has 0 spiro atoms. The van der Waals surface area contributed by atoms with Crippen LogP contribution in [-0.2, 0) is 14.6 Å². The van der Waals surface area contributed by atoms with Gasteiger partial charge in [-0.25, -0.2) is 4.18 Å². The third-order valence-corrected chi connectivity index (χ3v) is 8.93. The quantitative estimate of drug-likeness (QED) is 0.0453. The van der Waals surface area contributed by atoms with Crippen LogP contribution >= 0.6 is 0 Å². The van der Waals surface area contributed by atoms with Gasteiger partial charge in [-0.1, -0.05) is 199 Å². The average Bonchev–Trinajstić information content (AvgIpc) is 2.94. The summed E-state index contributed by atoms with van der Waals surface area (Å²) in [4.78, 5) is 0. The zero-order valence-electron chi connectivity index (χ0n) is 27.7. The summed E-state index contributed by atoms with van der Waals surface area (Å²) >= 11 is 0. The topological polar surface area (TPSA) is 63.6 Å².